The van der Waals surface area contributed by atoms with Crippen LogP contribution in [0.15, 0.2) is 66.9 Å². The molecule has 0 saturated carbocycles. The number of aliphatic carboxylic acids is 1. The molecule has 0 aromatic heterocycles. The van der Waals surface area contributed by atoms with Gasteiger partial charge < -0.3 is 9.84 Å². The summed E-state index contributed by atoms with van der Waals surface area (Å²) in [5.74, 6) is -0.802. The summed E-state index contributed by atoms with van der Waals surface area (Å²) in [6.07, 6.45) is 4.13. The Morgan fingerprint density at radius 3 is 2.74 bits per heavy atom. The minimum atomic E-state index is -0.857. The maximum atomic E-state index is 11.5. The Hall–Kier alpha value is -2.81. The van der Waals surface area contributed by atoms with Gasteiger partial charge in [-0.1, -0.05) is 61.2 Å². The number of hydrogen-bond acceptors (Lipinski definition) is 2. The van der Waals surface area contributed by atoms with Gasteiger partial charge in [-0.05, 0) is 28.3 Å². The second-order valence-electron chi connectivity index (χ2n) is 5.52. The summed E-state index contributed by atoms with van der Waals surface area (Å²) in [6.45, 7) is 4.21. The third kappa shape index (κ3) is 3.19. The summed E-state index contributed by atoms with van der Waals surface area (Å²) in [5, 5.41) is 9.46. The van der Waals surface area contributed by atoms with Crippen LogP contribution in [0.1, 0.15) is 28.2 Å². The lowest BCUT2D eigenvalue weighted by atomic mass is 9.87. The number of hydrogen-bond donors (Lipinski definition) is 1. The van der Waals surface area contributed by atoms with Gasteiger partial charge in [-0.3, -0.25) is 4.79 Å². The highest BCUT2D eigenvalue weighted by Crippen LogP contribution is 2.31. The molecule has 3 rings (SSSR count). The van der Waals surface area contributed by atoms with Crippen LogP contribution in [0.3, 0.4) is 0 Å². The number of allylic oxidation sites excluding steroid dienone is 1. The molecule has 1 unspecified atom stereocenters. The van der Waals surface area contributed by atoms with Crippen molar-refractivity contribution in [1.82, 2.24) is 0 Å². The monoisotopic (exact) mass is 306 g/mol. The Bertz CT molecular complexity index is 774. The average Bonchev–Trinajstić information content (AvgIpc) is 2.59. The average molecular weight is 306 g/mol. The lowest BCUT2D eigenvalue weighted by molar-refractivity contribution is -0.137. The minimum Gasteiger partial charge on any atom is -0.493 e. The first-order valence-corrected chi connectivity index (χ1v) is 7.53. The summed E-state index contributed by atoms with van der Waals surface area (Å²) < 4.78 is 5.90. The van der Waals surface area contributed by atoms with Gasteiger partial charge in [-0.2, -0.15) is 0 Å². The van der Waals surface area contributed by atoms with Gasteiger partial charge in [0.2, 0.25) is 0 Å². The van der Waals surface area contributed by atoms with Crippen molar-refractivity contribution in [3.63, 3.8) is 0 Å². The van der Waals surface area contributed by atoms with Crippen molar-refractivity contribution in [2.45, 2.75) is 18.9 Å². The number of carboxylic acid groups (broad SMARTS) is 1. The summed E-state index contributed by atoms with van der Waals surface area (Å²) in [6, 6.07) is 15.5. The molecule has 2 aromatic rings. The lowest BCUT2D eigenvalue weighted by Gasteiger charge is -2.22. The quantitative estimate of drug-likeness (QED) is 0.902. The van der Waals surface area contributed by atoms with Crippen LogP contribution in [0.5, 0.6) is 0 Å². The number of ether oxygens (including phenoxy) is 1. The number of carbonyl (C=O) groups is 1. The van der Waals surface area contributed by atoms with Crippen LogP contribution in [0.4, 0.5) is 0 Å². The standard InChI is InChI=1S/C20H18O3/c1-2-14-7-3-4-9-16(14)13-23-17-11-15-8-5-6-10-18(15)19(12-17)20(21)22/h2-10,12,19H,1,11,13H2,(H,21,22). The van der Waals surface area contributed by atoms with Crippen molar-refractivity contribution in [2.24, 2.45) is 0 Å². The van der Waals surface area contributed by atoms with Crippen LogP contribution in [0, 0.1) is 0 Å². The Balaban J connectivity index is 1.81. The third-order valence-corrected chi connectivity index (χ3v) is 4.06. The largest absolute Gasteiger partial charge is 0.493 e. The lowest BCUT2D eigenvalue weighted by Crippen LogP contribution is -2.17. The van der Waals surface area contributed by atoms with Crippen LogP contribution >= 0.6 is 0 Å². The van der Waals surface area contributed by atoms with Gasteiger partial charge in [-0.25, -0.2) is 0 Å². The van der Waals surface area contributed by atoms with Crippen molar-refractivity contribution in [3.8, 4) is 0 Å². The first-order valence-electron chi connectivity index (χ1n) is 7.53. The third-order valence-electron chi connectivity index (χ3n) is 4.06. The Morgan fingerprint density at radius 1 is 1.22 bits per heavy atom. The molecule has 0 radical (unpaired) electrons. The van der Waals surface area contributed by atoms with E-state index in [0.29, 0.717) is 18.8 Å². The summed E-state index contributed by atoms with van der Waals surface area (Å²) in [7, 11) is 0. The molecule has 1 aliphatic carbocycles. The van der Waals surface area contributed by atoms with Crippen LogP contribution < -0.4 is 0 Å². The van der Waals surface area contributed by atoms with Gasteiger partial charge in [0.25, 0.3) is 0 Å². The molecular weight excluding hydrogens is 288 g/mol. The van der Waals surface area contributed by atoms with Crippen LogP contribution in [-0.4, -0.2) is 11.1 Å². The molecule has 3 nitrogen and oxygen atoms in total. The number of fused-ring (bicyclic) bond motifs is 1. The molecule has 0 saturated heterocycles. The second-order valence-corrected chi connectivity index (χ2v) is 5.52. The van der Waals surface area contributed by atoms with E-state index in [1.165, 1.54) is 0 Å². The highest BCUT2D eigenvalue weighted by molar-refractivity contribution is 5.80. The maximum absolute atomic E-state index is 11.5. The van der Waals surface area contributed by atoms with Crippen molar-refractivity contribution < 1.29 is 14.6 Å². The SMILES string of the molecule is C=Cc1ccccc1COC1=CC(C(=O)O)c2ccccc2C1. The molecule has 0 heterocycles. The number of benzene rings is 2. The van der Waals surface area contributed by atoms with E-state index in [-0.39, 0.29) is 0 Å². The van der Waals surface area contributed by atoms with E-state index in [0.717, 1.165) is 22.3 Å². The van der Waals surface area contributed by atoms with Gasteiger partial charge in [0, 0.05) is 6.42 Å². The molecule has 0 amide bonds. The molecule has 116 valence electrons. The first kappa shape index (κ1) is 15.1. The zero-order valence-corrected chi connectivity index (χ0v) is 12.7. The van der Waals surface area contributed by atoms with E-state index in [1.54, 1.807) is 12.2 Å². The molecule has 3 heteroatoms. The van der Waals surface area contributed by atoms with E-state index < -0.39 is 11.9 Å². The van der Waals surface area contributed by atoms with Crippen molar-refractivity contribution in [2.75, 3.05) is 0 Å². The van der Waals surface area contributed by atoms with E-state index in [1.807, 2.05) is 48.5 Å². The molecule has 0 aliphatic heterocycles. The van der Waals surface area contributed by atoms with Gasteiger partial charge in [-0.15, -0.1) is 0 Å². The van der Waals surface area contributed by atoms with Gasteiger partial charge in [0.1, 0.15) is 12.5 Å². The Kier molecular flexibility index (Phi) is 4.29. The molecule has 2 aromatic carbocycles. The molecule has 0 fully saturated rings. The van der Waals surface area contributed by atoms with E-state index in [9.17, 15) is 9.90 Å². The van der Waals surface area contributed by atoms with Crippen LogP contribution in [0.25, 0.3) is 6.08 Å². The fourth-order valence-corrected chi connectivity index (χ4v) is 2.86. The zero-order chi connectivity index (χ0) is 16.2. The number of rotatable bonds is 5. The number of carboxylic acids is 1. The maximum Gasteiger partial charge on any atom is 0.315 e. The Labute approximate surface area is 135 Å². The van der Waals surface area contributed by atoms with Crippen molar-refractivity contribution in [1.29, 1.82) is 0 Å². The molecule has 0 bridgehead atoms. The Morgan fingerprint density at radius 2 is 1.96 bits per heavy atom. The van der Waals surface area contributed by atoms with E-state index in [2.05, 4.69) is 6.58 Å². The topological polar surface area (TPSA) is 46.5 Å². The fraction of sp³-hybridized carbons (Fsp3) is 0.150. The molecule has 23 heavy (non-hydrogen) atoms. The van der Waals surface area contributed by atoms with Crippen LogP contribution in [0.2, 0.25) is 0 Å². The predicted molar refractivity (Wildman–Crippen MR) is 89.9 cm³/mol. The predicted octanol–water partition coefficient (Wildman–Crippen LogP) is 4.15. The van der Waals surface area contributed by atoms with Gasteiger partial charge in [0.05, 0.1) is 5.76 Å². The molecular formula is C20H18O3. The first-order chi connectivity index (χ1) is 11.2. The van der Waals surface area contributed by atoms with Crippen molar-refractivity contribution >= 4 is 12.0 Å². The van der Waals surface area contributed by atoms with Crippen LogP contribution in [-0.2, 0) is 22.6 Å². The van der Waals surface area contributed by atoms with Gasteiger partial charge >= 0.3 is 5.97 Å². The zero-order valence-electron chi connectivity index (χ0n) is 12.7. The summed E-state index contributed by atoms with van der Waals surface area (Å²) in [4.78, 5) is 11.5. The smallest absolute Gasteiger partial charge is 0.315 e. The highest BCUT2D eigenvalue weighted by Gasteiger charge is 2.26. The second kappa shape index (κ2) is 6.53. The molecule has 0 spiro atoms. The normalized spacial score (nSPS) is 16.2. The molecule has 1 aliphatic rings. The van der Waals surface area contributed by atoms with Crippen molar-refractivity contribution in [3.05, 3.63) is 89.2 Å². The van der Waals surface area contributed by atoms with E-state index >= 15 is 0 Å². The van der Waals surface area contributed by atoms with Gasteiger partial charge in [0.15, 0.2) is 0 Å². The van der Waals surface area contributed by atoms with E-state index in [4.69, 9.17) is 4.74 Å². The minimum absolute atomic E-state index is 0.405. The summed E-state index contributed by atoms with van der Waals surface area (Å²) >= 11 is 0. The molecule has 1 atom stereocenters. The highest BCUT2D eigenvalue weighted by atomic mass is 16.5. The molecule has 1 N–H and O–H groups in total. The fourth-order valence-electron chi connectivity index (χ4n) is 2.86. The summed E-state index contributed by atoms with van der Waals surface area (Å²) in [5.41, 5.74) is 3.92.